The van der Waals surface area contributed by atoms with Crippen molar-refractivity contribution in [2.75, 3.05) is 0 Å². The van der Waals surface area contributed by atoms with Crippen molar-refractivity contribution in [3.63, 3.8) is 0 Å². The fraction of sp³-hybridized carbons (Fsp3) is 0. The van der Waals surface area contributed by atoms with Crippen LogP contribution in [0.3, 0.4) is 0 Å². The average molecular weight is 617 g/mol. The summed E-state index contributed by atoms with van der Waals surface area (Å²) < 4.78 is 24.3. The number of rotatable bonds is 2. The Bertz CT molecular complexity index is 1430. The summed E-state index contributed by atoms with van der Waals surface area (Å²) >= 11 is 1.81. The molecule has 0 spiro atoms. The molecular weight excluding hydrogens is 586 g/mol. The first-order chi connectivity index (χ1) is 19.3. The van der Waals surface area contributed by atoms with Crippen LogP contribution in [0.5, 0.6) is 0 Å². The first kappa shape index (κ1) is 37.8. The van der Waals surface area contributed by atoms with Gasteiger partial charge in [-0.1, -0.05) is 12.1 Å². The summed E-state index contributed by atoms with van der Waals surface area (Å²) in [5.74, 6) is -2.94. The van der Waals surface area contributed by atoms with Gasteiger partial charge in [0.25, 0.3) is 0 Å². The van der Waals surface area contributed by atoms with Crippen molar-refractivity contribution in [1.29, 1.82) is 0 Å². The second-order valence-corrected chi connectivity index (χ2v) is 7.93. The van der Waals surface area contributed by atoms with Crippen molar-refractivity contribution in [1.82, 2.24) is 0 Å². The summed E-state index contributed by atoms with van der Waals surface area (Å²) in [7, 11) is 2.97. The molecule has 0 aliphatic rings. The van der Waals surface area contributed by atoms with Crippen LogP contribution in [0, 0.1) is 26.5 Å². The number of fused-ring (bicyclic) bond motifs is 2. The van der Waals surface area contributed by atoms with Crippen LogP contribution >= 0.6 is 0 Å². The summed E-state index contributed by atoms with van der Waals surface area (Å²) in [4.78, 5) is 20.4. The minimum Gasteiger partial charge on any atom is -0.168 e. The Morgan fingerprint density at radius 2 is 0.857 bits per heavy atom. The smallest absolute Gasteiger partial charge is 0.0809 e. The minimum absolute atomic E-state index is 0. The van der Waals surface area contributed by atoms with E-state index in [9.17, 15) is 18.4 Å². The number of hydrogen-bond acceptors (Lipinski definition) is 2. The van der Waals surface area contributed by atoms with Crippen molar-refractivity contribution >= 4 is 41.1 Å². The van der Waals surface area contributed by atoms with E-state index in [2.05, 4.69) is 92.6 Å². The molecule has 0 aliphatic heterocycles. The number of carboxylic acids is 2. The van der Waals surface area contributed by atoms with E-state index < -0.39 is 23.6 Å². The fourth-order valence-corrected chi connectivity index (χ4v) is 3.32. The summed E-state index contributed by atoms with van der Waals surface area (Å²) in [6.07, 6.45) is 0. The maximum absolute atomic E-state index is 12.2. The van der Waals surface area contributed by atoms with Crippen molar-refractivity contribution in [3.8, 4) is 0 Å². The Morgan fingerprint density at radius 1 is 0.548 bits per heavy atom. The quantitative estimate of drug-likeness (QED) is 0.151. The SMILES string of the molecule is O=C(O)c1ccc(F)cc1.O=C(O)c1ccc(F)cc1.[CH3-].[CH3-].[Si]=[Ti].c1ccc2[cH-]ccc2c1.c1ccc2[cH-]ccc2c1. The van der Waals surface area contributed by atoms with Gasteiger partial charge >= 0.3 is 38.7 Å². The van der Waals surface area contributed by atoms with Crippen LogP contribution < -0.4 is 0 Å². The zero-order valence-electron chi connectivity index (χ0n) is 23.2. The first-order valence-corrected chi connectivity index (χ1v) is 14.6. The number of aromatic carboxylic acids is 2. The molecule has 0 atom stereocenters. The van der Waals surface area contributed by atoms with E-state index in [1.54, 1.807) is 19.2 Å². The Labute approximate surface area is 259 Å². The second kappa shape index (κ2) is 20.7. The molecule has 6 aromatic rings. The van der Waals surface area contributed by atoms with Crippen LogP contribution in [0.1, 0.15) is 20.7 Å². The average Bonchev–Trinajstić information content (AvgIpc) is 3.66. The maximum Gasteiger partial charge on any atom is -0.0809 e. The monoisotopic (exact) mass is 616 g/mol. The predicted molar refractivity (Wildman–Crippen MR) is 164 cm³/mol. The molecule has 4 nitrogen and oxygen atoms in total. The van der Waals surface area contributed by atoms with Gasteiger partial charge in [-0.15, -0.1) is 59.3 Å². The third kappa shape index (κ3) is 13.0. The van der Waals surface area contributed by atoms with Crippen LogP contribution in [0.15, 0.2) is 133 Å². The summed E-state index contributed by atoms with van der Waals surface area (Å²) in [6, 6.07) is 38.7. The molecule has 0 saturated carbocycles. The van der Waals surface area contributed by atoms with E-state index in [4.69, 9.17) is 10.2 Å². The molecule has 0 heterocycles. The molecular formula is C34H30F2O4SiTi-4. The third-order valence-electron chi connectivity index (χ3n) is 5.28. The van der Waals surface area contributed by atoms with Gasteiger partial charge in [0.15, 0.2) is 0 Å². The largest absolute Gasteiger partial charge is 0.168 e. The number of benzene rings is 4. The van der Waals surface area contributed by atoms with Crippen molar-refractivity contribution in [3.05, 3.63) is 171 Å². The molecule has 0 bridgehead atoms. The Morgan fingerprint density at radius 3 is 1.14 bits per heavy atom. The molecule has 42 heavy (non-hydrogen) atoms. The van der Waals surface area contributed by atoms with E-state index in [0.717, 1.165) is 24.3 Å². The molecule has 6 aromatic carbocycles. The maximum atomic E-state index is 12.2. The van der Waals surface area contributed by atoms with Gasteiger partial charge in [-0.2, -0.15) is 35.0 Å². The summed E-state index contributed by atoms with van der Waals surface area (Å²) in [5.41, 5.74) is 0.197. The van der Waals surface area contributed by atoms with Crippen LogP contribution in [-0.4, -0.2) is 29.8 Å². The van der Waals surface area contributed by atoms with E-state index in [0.29, 0.717) is 0 Å². The zero-order valence-corrected chi connectivity index (χ0v) is 25.7. The standard InChI is InChI=1S/2C9H7.2C7H5FO2.2CH3.Si.Ti/c2*1-2-5-9-7-3-6-8(9)4-1;2*8-6-3-1-5(2-4-6)7(9)10;;;;/h2*1-7H;2*1-4H,(H,9,10);2*1H3;;/q2*-1;;;2*-1;;. The molecule has 216 valence electrons. The molecule has 0 fully saturated rings. The van der Waals surface area contributed by atoms with Gasteiger partial charge in [0, 0.05) is 0 Å². The number of carboxylic acid groups (broad SMARTS) is 2. The fourth-order valence-electron chi connectivity index (χ4n) is 3.32. The molecule has 8 heteroatoms. The number of halogens is 2. The van der Waals surface area contributed by atoms with Crippen LogP contribution in [0.25, 0.3) is 21.5 Å². The normalized spacial score (nSPS) is 8.88. The van der Waals surface area contributed by atoms with E-state index in [1.807, 2.05) is 0 Å². The second-order valence-electron chi connectivity index (χ2n) is 7.93. The van der Waals surface area contributed by atoms with Crippen LogP contribution in [0.2, 0.25) is 0 Å². The Kier molecular flexibility index (Phi) is 18.6. The molecule has 0 saturated heterocycles. The van der Waals surface area contributed by atoms with E-state index in [1.165, 1.54) is 45.8 Å². The van der Waals surface area contributed by atoms with E-state index >= 15 is 0 Å². The molecule has 0 aliphatic carbocycles. The summed E-state index contributed by atoms with van der Waals surface area (Å²) in [6.45, 7) is 0. The molecule has 2 N–H and O–H groups in total. The topological polar surface area (TPSA) is 74.6 Å². The van der Waals surface area contributed by atoms with Gasteiger partial charge in [0.2, 0.25) is 0 Å². The number of hydrogen-bond donors (Lipinski definition) is 2. The van der Waals surface area contributed by atoms with Crippen molar-refractivity contribution < 1.29 is 47.8 Å². The van der Waals surface area contributed by atoms with Crippen molar-refractivity contribution in [2.45, 2.75) is 0 Å². The van der Waals surface area contributed by atoms with E-state index in [-0.39, 0.29) is 26.0 Å². The zero-order chi connectivity index (χ0) is 29.3. The third-order valence-corrected chi connectivity index (χ3v) is 5.28. The van der Waals surface area contributed by atoms with Gasteiger partial charge in [0.1, 0.15) is 11.6 Å². The minimum atomic E-state index is -1.04. The molecule has 0 aromatic heterocycles. The molecule has 0 amide bonds. The molecule has 6 rings (SSSR count). The first-order valence-electron chi connectivity index (χ1n) is 11.8. The van der Waals surface area contributed by atoms with Gasteiger partial charge in [-0.25, -0.2) is 18.4 Å². The summed E-state index contributed by atoms with van der Waals surface area (Å²) in [5, 5.41) is 22.0. The van der Waals surface area contributed by atoms with Gasteiger partial charge in [-0.3, -0.25) is 0 Å². The molecule has 2 radical (unpaired) electrons. The van der Waals surface area contributed by atoms with Crippen LogP contribution in [-0.2, 0) is 19.2 Å². The predicted octanol–water partition coefficient (Wildman–Crippen LogP) is 8.68. The van der Waals surface area contributed by atoms with Gasteiger partial charge in [-0.05, 0) is 48.5 Å². The molecule has 0 unspecified atom stereocenters. The Balaban J connectivity index is 0.000000515. The van der Waals surface area contributed by atoms with Gasteiger partial charge < -0.3 is 25.1 Å². The number of carbonyl (C=O) groups is 2. The Hall–Kier alpha value is -4.17. The van der Waals surface area contributed by atoms with Crippen molar-refractivity contribution in [2.24, 2.45) is 0 Å². The van der Waals surface area contributed by atoms with Crippen LogP contribution in [0.4, 0.5) is 8.78 Å². The van der Waals surface area contributed by atoms with Gasteiger partial charge in [0.05, 0.1) is 11.1 Å².